The molecule has 1 aromatic rings. The lowest BCUT2D eigenvalue weighted by Crippen LogP contribution is -2.56. The molecule has 0 aliphatic heterocycles. The highest BCUT2D eigenvalue weighted by atomic mass is 16.5. The van der Waals surface area contributed by atoms with Crippen LogP contribution in [-0.2, 0) is 0 Å². The van der Waals surface area contributed by atoms with E-state index in [1.807, 2.05) is 32.0 Å². The third-order valence-electron chi connectivity index (χ3n) is 4.10. The van der Waals surface area contributed by atoms with Crippen LogP contribution in [0.3, 0.4) is 0 Å². The number of nitrogens with one attached hydrogen (secondary N) is 1. The van der Waals surface area contributed by atoms with Crippen molar-refractivity contribution in [1.82, 2.24) is 0 Å². The molecule has 20 heavy (non-hydrogen) atoms. The van der Waals surface area contributed by atoms with Crippen molar-refractivity contribution in [2.75, 3.05) is 18.5 Å². The lowest BCUT2D eigenvalue weighted by atomic mass is 9.64. The number of hydrogen-bond donors (Lipinski definition) is 2. The van der Waals surface area contributed by atoms with Gasteiger partial charge in [0.1, 0.15) is 0 Å². The molecule has 0 aromatic heterocycles. The number of hydrogen-bond acceptors (Lipinski definition) is 4. The summed E-state index contributed by atoms with van der Waals surface area (Å²) in [6.07, 6.45) is 0.554. The molecule has 2 N–H and O–H groups in total. The van der Waals surface area contributed by atoms with Crippen molar-refractivity contribution in [1.29, 1.82) is 0 Å². The number of aliphatic hydroxyl groups excluding tert-OH is 1. The van der Waals surface area contributed by atoms with E-state index in [1.165, 1.54) is 0 Å². The first-order chi connectivity index (χ1) is 9.48. The zero-order valence-corrected chi connectivity index (χ0v) is 12.8. The highest BCUT2D eigenvalue weighted by molar-refractivity contribution is 5.55. The molecule has 2 unspecified atom stereocenters. The smallest absolute Gasteiger partial charge is 0.163 e. The van der Waals surface area contributed by atoms with Crippen LogP contribution in [0.4, 0.5) is 5.69 Å². The first-order valence-electron chi connectivity index (χ1n) is 7.33. The van der Waals surface area contributed by atoms with E-state index in [1.54, 1.807) is 0 Å². The third kappa shape index (κ3) is 2.85. The van der Waals surface area contributed by atoms with E-state index < -0.39 is 0 Å². The molecule has 2 atom stereocenters. The Morgan fingerprint density at radius 1 is 1.20 bits per heavy atom. The number of ether oxygens (including phenoxy) is 2. The second-order valence-electron chi connectivity index (χ2n) is 5.80. The van der Waals surface area contributed by atoms with E-state index >= 15 is 0 Å². The Labute approximate surface area is 121 Å². The molecule has 2 rings (SSSR count). The molecule has 1 aliphatic rings. The highest BCUT2D eigenvalue weighted by Gasteiger charge is 2.47. The maximum absolute atomic E-state index is 9.79. The van der Waals surface area contributed by atoms with Gasteiger partial charge in [-0.1, -0.05) is 13.8 Å². The summed E-state index contributed by atoms with van der Waals surface area (Å²) >= 11 is 0. The molecule has 1 aliphatic carbocycles. The Balaban J connectivity index is 2.11. The topological polar surface area (TPSA) is 50.7 Å². The van der Waals surface area contributed by atoms with Crippen LogP contribution in [0.15, 0.2) is 18.2 Å². The van der Waals surface area contributed by atoms with E-state index in [9.17, 15) is 5.11 Å². The number of anilines is 1. The molecule has 1 fully saturated rings. The number of aliphatic hydroxyl groups is 1. The summed E-state index contributed by atoms with van der Waals surface area (Å²) in [5, 5.41) is 13.3. The van der Waals surface area contributed by atoms with E-state index in [4.69, 9.17) is 9.47 Å². The average Bonchev–Trinajstić information content (AvgIpc) is 2.42. The quantitative estimate of drug-likeness (QED) is 0.840. The van der Waals surface area contributed by atoms with Crippen molar-refractivity contribution in [3.8, 4) is 11.5 Å². The van der Waals surface area contributed by atoms with Crippen molar-refractivity contribution in [3.63, 3.8) is 0 Å². The van der Waals surface area contributed by atoms with Gasteiger partial charge in [-0.3, -0.25) is 0 Å². The normalized spacial score (nSPS) is 23.9. The average molecular weight is 279 g/mol. The zero-order valence-electron chi connectivity index (χ0n) is 12.8. The SMILES string of the molecule is CCOc1ccc(NC2CC(O)C2(C)C)cc1OCC. The van der Waals surface area contributed by atoms with Crippen LogP contribution < -0.4 is 14.8 Å². The minimum absolute atomic E-state index is 0.0929. The fraction of sp³-hybridized carbons (Fsp3) is 0.625. The summed E-state index contributed by atoms with van der Waals surface area (Å²) in [4.78, 5) is 0. The van der Waals surface area contributed by atoms with E-state index in [0.29, 0.717) is 13.2 Å². The molecule has 0 bridgehead atoms. The molecule has 1 aromatic carbocycles. The van der Waals surface area contributed by atoms with Crippen molar-refractivity contribution in [2.45, 2.75) is 46.3 Å². The van der Waals surface area contributed by atoms with E-state index in [2.05, 4.69) is 19.2 Å². The summed E-state index contributed by atoms with van der Waals surface area (Å²) in [6.45, 7) is 9.31. The summed E-state index contributed by atoms with van der Waals surface area (Å²) in [7, 11) is 0. The van der Waals surface area contributed by atoms with Gasteiger partial charge in [-0.05, 0) is 32.4 Å². The predicted molar refractivity (Wildman–Crippen MR) is 80.6 cm³/mol. The van der Waals surface area contributed by atoms with Crippen molar-refractivity contribution in [2.24, 2.45) is 5.41 Å². The summed E-state index contributed by atoms with van der Waals surface area (Å²) in [5.41, 5.74) is 0.909. The first kappa shape index (κ1) is 15.0. The predicted octanol–water partition coefficient (Wildman–Crippen LogP) is 3.06. The lowest BCUT2D eigenvalue weighted by molar-refractivity contribution is -0.0510. The Morgan fingerprint density at radius 3 is 2.40 bits per heavy atom. The zero-order chi connectivity index (χ0) is 14.8. The Kier molecular flexibility index (Phi) is 4.43. The number of benzene rings is 1. The molecule has 4 nitrogen and oxygen atoms in total. The van der Waals surface area contributed by atoms with Crippen molar-refractivity contribution >= 4 is 5.69 Å². The van der Waals surface area contributed by atoms with Gasteiger partial charge in [0.25, 0.3) is 0 Å². The fourth-order valence-corrected chi connectivity index (χ4v) is 2.49. The monoisotopic (exact) mass is 279 g/mol. The summed E-state index contributed by atoms with van der Waals surface area (Å²) < 4.78 is 11.2. The molecule has 0 radical (unpaired) electrons. The largest absolute Gasteiger partial charge is 0.490 e. The van der Waals surface area contributed by atoms with Crippen LogP contribution in [-0.4, -0.2) is 30.5 Å². The van der Waals surface area contributed by atoms with Crippen LogP contribution in [0.2, 0.25) is 0 Å². The molecule has 112 valence electrons. The molecule has 4 heteroatoms. The van der Waals surface area contributed by atoms with Crippen molar-refractivity contribution in [3.05, 3.63) is 18.2 Å². The summed E-state index contributed by atoms with van der Waals surface area (Å²) in [5.74, 6) is 1.53. The fourth-order valence-electron chi connectivity index (χ4n) is 2.49. The molecular weight excluding hydrogens is 254 g/mol. The maximum Gasteiger partial charge on any atom is 0.163 e. The van der Waals surface area contributed by atoms with Crippen LogP contribution in [0.5, 0.6) is 11.5 Å². The minimum Gasteiger partial charge on any atom is -0.490 e. The van der Waals surface area contributed by atoms with Gasteiger partial charge >= 0.3 is 0 Å². The second-order valence-corrected chi connectivity index (χ2v) is 5.80. The maximum atomic E-state index is 9.79. The number of rotatable bonds is 6. The Hall–Kier alpha value is -1.42. The van der Waals surface area contributed by atoms with Crippen LogP contribution in [0.25, 0.3) is 0 Å². The highest BCUT2D eigenvalue weighted by Crippen LogP contribution is 2.43. The van der Waals surface area contributed by atoms with Gasteiger partial charge < -0.3 is 19.9 Å². The first-order valence-corrected chi connectivity index (χ1v) is 7.33. The molecule has 0 spiro atoms. The lowest BCUT2D eigenvalue weighted by Gasteiger charge is -2.49. The standard InChI is InChI=1S/C16H25NO3/c1-5-19-12-8-7-11(9-13(12)20-6-2)17-14-10-15(18)16(14,3)4/h7-9,14-15,17-18H,5-6,10H2,1-4H3. The van der Waals surface area contributed by atoms with Crippen molar-refractivity contribution < 1.29 is 14.6 Å². The summed E-state index contributed by atoms with van der Waals surface area (Å²) in [6, 6.07) is 6.17. The Morgan fingerprint density at radius 2 is 1.85 bits per heavy atom. The van der Waals surface area contributed by atoms with Gasteiger partial charge in [-0.2, -0.15) is 0 Å². The Bertz CT molecular complexity index is 459. The van der Waals surface area contributed by atoms with Crippen LogP contribution >= 0.6 is 0 Å². The van der Waals surface area contributed by atoms with Gasteiger partial charge in [0.05, 0.1) is 19.3 Å². The van der Waals surface area contributed by atoms with E-state index in [0.717, 1.165) is 23.6 Å². The van der Waals surface area contributed by atoms with Gasteiger partial charge in [-0.15, -0.1) is 0 Å². The molecule has 0 saturated heterocycles. The van der Waals surface area contributed by atoms with Gasteiger partial charge in [0.2, 0.25) is 0 Å². The van der Waals surface area contributed by atoms with Crippen LogP contribution in [0, 0.1) is 5.41 Å². The molecular formula is C16H25NO3. The van der Waals surface area contributed by atoms with Gasteiger partial charge in [0.15, 0.2) is 11.5 Å². The van der Waals surface area contributed by atoms with Gasteiger partial charge in [-0.25, -0.2) is 0 Å². The van der Waals surface area contributed by atoms with Crippen LogP contribution in [0.1, 0.15) is 34.1 Å². The molecule has 0 amide bonds. The second kappa shape index (κ2) is 5.92. The van der Waals surface area contributed by atoms with E-state index in [-0.39, 0.29) is 17.6 Å². The molecule has 1 saturated carbocycles. The third-order valence-corrected chi connectivity index (χ3v) is 4.10. The molecule has 0 heterocycles. The minimum atomic E-state index is -0.228. The van der Waals surface area contributed by atoms with Gasteiger partial charge in [0, 0.05) is 23.2 Å².